The van der Waals surface area contributed by atoms with Crippen molar-refractivity contribution in [1.82, 2.24) is 14.5 Å². The highest BCUT2D eigenvalue weighted by Gasteiger charge is 2.31. The van der Waals surface area contributed by atoms with Gasteiger partial charge >= 0.3 is 11.9 Å². The second kappa shape index (κ2) is 9.80. The van der Waals surface area contributed by atoms with Gasteiger partial charge in [0.1, 0.15) is 11.9 Å². The number of benzene rings is 3. The number of nitrogens with zero attached hydrogens (tertiary/aromatic N) is 2. The maximum atomic E-state index is 13.6. The zero-order valence-corrected chi connectivity index (χ0v) is 19.1. The summed E-state index contributed by atoms with van der Waals surface area (Å²) in [4.78, 5) is 40.0. The Morgan fingerprint density at radius 3 is 2.33 bits per heavy atom. The lowest BCUT2D eigenvalue weighted by atomic mass is 10.1. The lowest BCUT2D eigenvalue weighted by Gasteiger charge is -2.22. The van der Waals surface area contributed by atoms with Crippen LogP contribution < -0.4 is 16.6 Å². The number of para-hydroxylation sites is 1. The number of fused-ring (bicyclic) bond motifs is 1. The predicted molar refractivity (Wildman–Crippen MR) is 126 cm³/mol. The lowest BCUT2D eigenvalue weighted by Crippen LogP contribution is -2.44. The summed E-state index contributed by atoms with van der Waals surface area (Å²) >= 11 is 0. The molecular formula is C26H21F4N3O3. The molecule has 186 valence electrons. The van der Waals surface area contributed by atoms with Crippen LogP contribution in [0.25, 0.3) is 16.6 Å². The third-order valence-corrected chi connectivity index (χ3v) is 5.81. The molecule has 4 rings (SSSR count). The fraction of sp³-hybridized carbons (Fsp3) is 0.192. The van der Waals surface area contributed by atoms with Gasteiger partial charge in [-0.3, -0.25) is 14.2 Å². The number of aromatic nitrogens is 2. The van der Waals surface area contributed by atoms with E-state index in [1.807, 2.05) is 0 Å². The van der Waals surface area contributed by atoms with Crippen molar-refractivity contribution in [3.05, 3.63) is 111 Å². The van der Waals surface area contributed by atoms with Crippen LogP contribution in [0.2, 0.25) is 0 Å². The molecule has 1 heterocycles. The van der Waals surface area contributed by atoms with Gasteiger partial charge in [0, 0.05) is 6.54 Å². The van der Waals surface area contributed by atoms with Crippen molar-refractivity contribution in [2.24, 2.45) is 0 Å². The smallest absolute Gasteiger partial charge is 0.350 e. The molecule has 0 bridgehead atoms. The third-order valence-electron chi connectivity index (χ3n) is 5.81. The Hall–Kier alpha value is -4.21. The lowest BCUT2D eigenvalue weighted by molar-refractivity contribution is -0.137. The standard InChI is InChI=1S/C26H21F4N3O3/c1-2-21(23(34)31-15-16-10-12-18(27)13-11-16)33-22-9-4-3-8-20(22)24(35)32(25(33)36)19-7-5-6-17(14-19)26(28,29)30/h3-14,21H,2,15H2,1H3,(H,31,34). The van der Waals surface area contributed by atoms with Crippen LogP contribution in [0.1, 0.15) is 30.5 Å². The number of carbonyl (C=O) groups is 1. The first-order valence-electron chi connectivity index (χ1n) is 11.1. The third kappa shape index (κ3) is 4.79. The molecule has 1 amide bonds. The molecule has 0 radical (unpaired) electrons. The van der Waals surface area contributed by atoms with Crippen molar-refractivity contribution in [2.75, 3.05) is 0 Å². The van der Waals surface area contributed by atoms with Gasteiger partial charge in [0.2, 0.25) is 5.91 Å². The summed E-state index contributed by atoms with van der Waals surface area (Å²) < 4.78 is 54.9. The minimum absolute atomic E-state index is 0.0650. The summed E-state index contributed by atoms with van der Waals surface area (Å²) in [5.41, 5.74) is -2.21. The van der Waals surface area contributed by atoms with E-state index in [1.54, 1.807) is 19.1 Å². The van der Waals surface area contributed by atoms with Crippen molar-refractivity contribution in [3.63, 3.8) is 0 Å². The molecule has 3 aromatic carbocycles. The Bertz CT molecular complexity index is 1540. The first kappa shape index (κ1) is 24.9. The van der Waals surface area contributed by atoms with Crippen molar-refractivity contribution in [3.8, 4) is 5.69 Å². The highest BCUT2D eigenvalue weighted by atomic mass is 19.4. The van der Waals surface area contributed by atoms with Gasteiger partial charge in [-0.25, -0.2) is 13.8 Å². The zero-order chi connectivity index (χ0) is 26.0. The highest BCUT2D eigenvalue weighted by Crippen LogP contribution is 2.30. The largest absolute Gasteiger partial charge is 0.416 e. The zero-order valence-electron chi connectivity index (χ0n) is 19.1. The normalized spacial score (nSPS) is 12.5. The maximum absolute atomic E-state index is 13.6. The van der Waals surface area contributed by atoms with E-state index in [1.165, 1.54) is 42.5 Å². The summed E-state index contributed by atoms with van der Waals surface area (Å²) in [6.07, 6.45) is -4.53. The minimum atomic E-state index is -4.68. The monoisotopic (exact) mass is 499 g/mol. The van der Waals surface area contributed by atoms with E-state index in [9.17, 15) is 31.9 Å². The maximum Gasteiger partial charge on any atom is 0.416 e. The molecule has 36 heavy (non-hydrogen) atoms. The van der Waals surface area contributed by atoms with Crippen LogP contribution in [-0.4, -0.2) is 15.0 Å². The van der Waals surface area contributed by atoms with Crippen molar-refractivity contribution < 1.29 is 22.4 Å². The van der Waals surface area contributed by atoms with Gasteiger partial charge in [0.25, 0.3) is 5.56 Å². The molecule has 0 aliphatic rings. The van der Waals surface area contributed by atoms with Crippen molar-refractivity contribution >= 4 is 16.8 Å². The van der Waals surface area contributed by atoms with Gasteiger partial charge in [-0.2, -0.15) is 13.2 Å². The van der Waals surface area contributed by atoms with E-state index < -0.39 is 40.8 Å². The Labute approximate surface area is 202 Å². The Balaban J connectivity index is 1.84. The summed E-state index contributed by atoms with van der Waals surface area (Å²) in [6, 6.07) is 14.4. The van der Waals surface area contributed by atoms with E-state index in [-0.39, 0.29) is 29.6 Å². The number of amides is 1. The van der Waals surface area contributed by atoms with Crippen molar-refractivity contribution in [1.29, 1.82) is 0 Å². The van der Waals surface area contributed by atoms with Gasteiger partial charge in [-0.05, 0) is 54.4 Å². The Kier molecular flexibility index (Phi) is 6.78. The number of carbonyl (C=O) groups excluding carboxylic acids is 1. The number of rotatable bonds is 6. The van der Waals surface area contributed by atoms with E-state index in [2.05, 4.69) is 5.32 Å². The average molecular weight is 499 g/mol. The Morgan fingerprint density at radius 1 is 0.972 bits per heavy atom. The summed E-state index contributed by atoms with van der Waals surface area (Å²) in [5, 5.41) is 2.77. The number of halogens is 4. The summed E-state index contributed by atoms with van der Waals surface area (Å²) in [5.74, 6) is -0.963. The van der Waals surface area contributed by atoms with Gasteiger partial charge in [0.05, 0.1) is 22.2 Å². The number of hydrogen-bond donors (Lipinski definition) is 1. The molecule has 0 saturated carbocycles. The number of hydrogen-bond acceptors (Lipinski definition) is 3. The molecule has 1 atom stereocenters. The molecule has 1 N–H and O–H groups in total. The van der Waals surface area contributed by atoms with E-state index >= 15 is 0 Å². The SMILES string of the molecule is CCC(C(=O)NCc1ccc(F)cc1)n1c(=O)n(-c2cccc(C(F)(F)F)c2)c(=O)c2ccccc21. The van der Waals surface area contributed by atoms with Crippen LogP contribution in [0.15, 0.2) is 82.4 Å². The van der Waals surface area contributed by atoms with Crippen molar-refractivity contribution in [2.45, 2.75) is 32.1 Å². The molecule has 0 spiro atoms. The molecule has 0 aliphatic heterocycles. The van der Waals surface area contributed by atoms with Crippen LogP contribution in [-0.2, 0) is 17.5 Å². The first-order valence-corrected chi connectivity index (χ1v) is 11.1. The highest BCUT2D eigenvalue weighted by molar-refractivity contribution is 5.84. The number of alkyl halides is 3. The number of nitrogens with one attached hydrogen (secondary N) is 1. The van der Waals surface area contributed by atoms with Crippen LogP contribution in [0.5, 0.6) is 0 Å². The van der Waals surface area contributed by atoms with Gasteiger partial charge < -0.3 is 5.32 Å². The molecule has 0 aliphatic carbocycles. The molecule has 6 nitrogen and oxygen atoms in total. The van der Waals surface area contributed by atoms with Gasteiger partial charge in [-0.1, -0.05) is 37.3 Å². The van der Waals surface area contributed by atoms with Crippen LogP contribution >= 0.6 is 0 Å². The van der Waals surface area contributed by atoms with Crippen LogP contribution in [0.3, 0.4) is 0 Å². The van der Waals surface area contributed by atoms with E-state index in [0.29, 0.717) is 10.1 Å². The van der Waals surface area contributed by atoms with Crippen LogP contribution in [0, 0.1) is 5.82 Å². The minimum Gasteiger partial charge on any atom is -0.350 e. The molecular weight excluding hydrogens is 478 g/mol. The van der Waals surface area contributed by atoms with E-state index in [4.69, 9.17) is 0 Å². The molecule has 4 aromatic rings. The first-order chi connectivity index (χ1) is 17.1. The summed E-state index contributed by atoms with van der Waals surface area (Å²) in [7, 11) is 0. The van der Waals surface area contributed by atoms with Gasteiger partial charge in [-0.15, -0.1) is 0 Å². The quantitative estimate of drug-likeness (QED) is 0.395. The van der Waals surface area contributed by atoms with Crippen LogP contribution in [0.4, 0.5) is 17.6 Å². The second-order valence-electron chi connectivity index (χ2n) is 8.13. The molecule has 0 saturated heterocycles. The fourth-order valence-corrected chi connectivity index (χ4v) is 4.03. The summed E-state index contributed by atoms with van der Waals surface area (Å²) in [6.45, 7) is 1.73. The predicted octanol–water partition coefficient (Wildman–Crippen LogP) is 4.58. The fourth-order valence-electron chi connectivity index (χ4n) is 4.03. The second-order valence-corrected chi connectivity index (χ2v) is 8.13. The van der Waals surface area contributed by atoms with Gasteiger partial charge in [0.15, 0.2) is 0 Å². The molecule has 0 fully saturated rings. The molecule has 1 unspecified atom stereocenters. The Morgan fingerprint density at radius 2 is 1.67 bits per heavy atom. The average Bonchev–Trinajstić information content (AvgIpc) is 2.86. The van der Waals surface area contributed by atoms with E-state index in [0.717, 1.165) is 22.8 Å². The molecule has 10 heteroatoms. The molecule has 1 aromatic heterocycles. The topological polar surface area (TPSA) is 73.1 Å².